The third kappa shape index (κ3) is 4.40. The summed E-state index contributed by atoms with van der Waals surface area (Å²) in [4.78, 5) is 12.1. The molecular weight excluding hydrogens is 236 g/mol. The zero-order valence-electron chi connectivity index (χ0n) is 9.90. The maximum Gasteiger partial charge on any atom is 0.328 e. The van der Waals surface area contributed by atoms with Crippen molar-refractivity contribution < 1.29 is 9.53 Å². The summed E-state index contributed by atoms with van der Waals surface area (Å²) in [6, 6.07) is 6.90. The number of hydrogen-bond donors (Lipinski definition) is 2. The van der Waals surface area contributed by atoms with Crippen LogP contribution < -0.4 is 11.1 Å². The van der Waals surface area contributed by atoms with Gasteiger partial charge in [-0.05, 0) is 24.6 Å². The summed E-state index contributed by atoms with van der Waals surface area (Å²) >= 11 is 4.94. The lowest BCUT2D eigenvalue weighted by Gasteiger charge is -2.16. The van der Waals surface area contributed by atoms with E-state index in [0.29, 0.717) is 17.1 Å². The molecule has 0 fully saturated rings. The second-order valence-electron chi connectivity index (χ2n) is 3.72. The summed E-state index contributed by atoms with van der Waals surface area (Å²) in [6.07, 6.45) is 0.515. The highest BCUT2D eigenvalue weighted by molar-refractivity contribution is 7.80. The third-order valence-electron chi connectivity index (χ3n) is 2.28. The third-order valence-corrected chi connectivity index (χ3v) is 2.40. The number of carbonyl (C=O) groups excluding carboxylic acids is 1. The van der Waals surface area contributed by atoms with Gasteiger partial charge in [0, 0.05) is 12.1 Å². The first-order valence-corrected chi connectivity index (χ1v) is 5.63. The molecule has 17 heavy (non-hydrogen) atoms. The Morgan fingerprint density at radius 3 is 2.53 bits per heavy atom. The van der Waals surface area contributed by atoms with Crippen molar-refractivity contribution in [1.29, 1.82) is 0 Å². The van der Waals surface area contributed by atoms with Gasteiger partial charge in [-0.3, -0.25) is 0 Å². The molecule has 92 valence electrons. The number of nitrogens with two attached hydrogens (primary N) is 1. The van der Waals surface area contributed by atoms with Gasteiger partial charge in [0.05, 0.1) is 12.1 Å². The Morgan fingerprint density at radius 1 is 1.47 bits per heavy atom. The van der Waals surface area contributed by atoms with Gasteiger partial charge in [0.2, 0.25) is 0 Å². The molecule has 0 spiro atoms. The fourth-order valence-corrected chi connectivity index (χ4v) is 1.61. The van der Waals surface area contributed by atoms with Crippen LogP contribution >= 0.6 is 12.2 Å². The Labute approximate surface area is 106 Å². The van der Waals surface area contributed by atoms with Crippen LogP contribution in [0, 0.1) is 0 Å². The quantitative estimate of drug-likeness (QED) is 0.480. The number of methoxy groups -OCH3 is 1. The van der Waals surface area contributed by atoms with Gasteiger partial charge < -0.3 is 15.8 Å². The molecule has 0 heterocycles. The number of rotatable bonds is 4. The molecule has 1 atom stereocenters. The Kier molecular flexibility index (Phi) is 4.90. The minimum absolute atomic E-state index is 0.328. The van der Waals surface area contributed by atoms with Crippen LogP contribution in [-0.4, -0.2) is 24.1 Å². The Bertz CT molecular complexity index is 403. The van der Waals surface area contributed by atoms with Crippen LogP contribution in [0.1, 0.15) is 12.5 Å². The summed E-state index contributed by atoms with van der Waals surface area (Å²) in [5.74, 6) is -0.328. The molecule has 0 aromatic heterocycles. The van der Waals surface area contributed by atoms with Gasteiger partial charge in [0.25, 0.3) is 0 Å². The number of carbonyl (C=O) groups is 1. The monoisotopic (exact) mass is 252 g/mol. The van der Waals surface area contributed by atoms with Crippen molar-refractivity contribution in [2.24, 2.45) is 0 Å². The number of benzene rings is 1. The number of esters is 1. The highest BCUT2D eigenvalue weighted by atomic mass is 32.1. The van der Waals surface area contributed by atoms with E-state index < -0.39 is 6.04 Å². The molecule has 4 nitrogen and oxygen atoms in total. The predicted molar refractivity (Wildman–Crippen MR) is 71.8 cm³/mol. The maximum absolute atomic E-state index is 11.5. The standard InChI is InChI=1S/C12H16N2O2S/c1-8(17)14-11(12(15)16-2)7-9-3-5-10(13)6-4-9/h3-6,11H,7,13H2,1-2H3,(H,14,17). The average Bonchev–Trinajstić information content (AvgIpc) is 2.29. The Balaban J connectivity index is 2.75. The lowest BCUT2D eigenvalue weighted by molar-refractivity contribution is -0.142. The molecule has 0 radical (unpaired) electrons. The van der Waals surface area contributed by atoms with E-state index in [2.05, 4.69) is 5.32 Å². The number of thiocarbonyl (C=S) groups is 1. The summed E-state index contributed by atoms with van der Waals surface area (Å²) in [6.45, 7) is 1.73. The summed E-state index contributed by atoms with van der Waals surface area (Å²) < 4.78 is 4.72. The lowest BCUT2D eigenvalue weighted by Crippen LogP contribution is -2.41. The van der Waals surface area contributed by atoms with Crippen molar-refractivity contribution in [3.63, 3.8) is 0 Å². The topological polar surface area (TPSA) is 64.3 Å². The van der Waals surface area contributed by atoms with Crippen molar-refractivity contribution in [1.82, 2.24) is 5.32 Å². The second kappa shape index (κ2) is 6.20. The molecule has 5 heteroatoms. The van der Waals surface area contributed by atoms with Gasteiger partial charge in [-0.15, -0.1) is 0 Å². The van der Waals surface area contributed by atoms with Crippen LogP contribution in [0.15, 0.2) is 24.3 Å². The number of ether oxygens (including phenoxy) is 1. The molecule has 0 aliphatic carbocycles. The normalized spacial score (nSPS) is 11.6. The Morgan fingerprint density at radius 2 is 2.06 bits per heavy atom. The van der Waals surface area contributed by atoms with Gasteiger partial charge in [0.15, 0.2) is 0 Å². The van der Waals surface area contributed by atoms with E-state index in [4.69, 9.17) is 22.7 Å². The molecule has 1 unspecified atom stereocenters. The van der Waals surface area contributed by atoms with Crippen LogP contribution in [0.5, 0.6) is 0 Å². The molecule has 0 amide bonds. The average molecular weight is 252 g/mol. The van der Waals surface area contributed by atoms with Gasteiger partial charge in [0.1, 0.15) is 6.04 Å². The van der Waals surface area contributed by atoms with Crippen molar-refractivity contribution in [3.8, 4) is 0 Å². The number of nitrogens with one attached hydrogen (secondary N) is 1. The van der Waals surface area contributed by atoms with E-state index >= 15 is 0 Å². The van der Waals surface area contributed by atoms with Crippen LogP contribution in [0.3, 0.4) is 0 Å². The molecule has 1 aromatic rings. The van der Waals surface area contributed by atoms with Crippen LogP contribution in [0.4, 0.5) is 5.69 Å². The van der Waals surface area contributed by atoms with Gasteiger partial charge in [-0.1, -0.05) is 24.4 Å². The Hall–Kier alpha value is -1.62. The molecule has 0 aliphatic heterocycles. The minimum Gasteiger partial charge on any atom is -0.467 e. The fourth-order valence-electron chi connectivity index (χ4n) is 1.47. The van der Waals surface area contributed by atoms with E-state index in [-0.39, 0.29) is 5.97 Å². The van der Waals surface area contributed by atoms with Gasteiger partial charge in [-0.2, -0.15) is 0 Å². The zero-order chi connectivity index (χ0) is 12.8. The van der Waals surface area contributed by atoms with Crippen LogP contribution in [-0.2, 0) is 16.0 Å². The first kappa shape index (κ1) is 13.4. The SMILES string of the molecule is COC(=O)C(Cc1ccc(N)cc1)NC(C)=S. The largest absolute Gasteiger partial charge is 0.467 e. The smallest absolute Gasteiger partial charge is 0.328 e. The number of hydrogen-bond acceptors (Lipinski definition) is 4. The lowest BCUT2D eigenvalue weighted by atomic mass is 10.1. The van der Waals surface area contributed by atoms with E-state index in [1.165, 1.54) is 7.11 Å². The highest BCUT2D eigenvalue weighted by Gasteiger charge is 2.19. The van der Waals surface area contributed by atoms with E-state index in [0.717, 1.165) is 5.56 Å². The summed E-state index contributed by atoms with van der Waals surface area (Å²) in [7, 11) is 1.36. The molecule has 0 aliphatic rings. The first-order valence-electron chi connectivity index (χ1n) is 5.22. The zero-order valence-corrected chi connectivity index (χ0v) is 10.7. The van der Waals surface area contributed by atoms with Crippen LogP contribution in [0.25, 0.3) is 0 Å². The summed E-state index contributed by atoms with van der Waals surface area (Å²) in [5, 5.41) is 2.92. The fraction of sp³-hybridized carbons (Fsp3) is 0.333. The van der Waals surface area contributed by atoms with Gasteiger partial charge >= 0.3 is 5.97 Å². The minimum atomic E-state index is -0.457. The molecule has 3 N–H and O–H groups in total. The molecule has 0 bridgehead atoms. The van der Waals surface area contributed by atoms with E-state index in [1.54, 1.807) is 19.1 Å². The van der Waals surface area contributed by atoms with Crippen molar-refractivity contribution in [2.45, 2.75) is 19.4 Å². The second-order valence-corrected chi connectivity index (χ2v) is 4.33. The molecule has 0 saturated carbocycles. The molecule has 0 saturated heterocycles. The molecular formula is C12H16N2O2S. The molecule has 1 rings (SSSR count). The maximum atomic E-state index is 11.5. The van der Waals surface area contributed by atoms with Gasteiger partial charge in [-0.25, -0.2) is 4.79 Å². The predicted octanol–water partition coefficient (Wildman–Crippen LogP) is 1.29. The van der Waals surface area contributed by atoms with E-state index in [1.807, 2.05) is 12.1 Å². The van der Waals surface area contributed by atoms with Crippen molar-refractivity contribution in [3.05, 3.63) is 29.8 Å². The number of nitrogen functional groups attached to an aromatic ring is 1. The number of anilines is 1. The highest BCUT2D eigenvalue weighted by Crippen LogP contribution is 2.08. The van der Waals surface area contributed by atoms with Crippen molar-refractivity contribution in [2.75, 3.05) is 12.8 Å². The first-order chi connectivity index (χ1) is 8.02. The summed E-state index contributed by atoms with van der Waals surface area (Å²) in [5.41, 5.74) is 7.29. The van der Waals surface area contributed by atoms with Crippen LogP contribution in [0.2, 0.25) is 0 Å². The van der Waals surface area contributed by atoms with Crippen molar-refractivity contribution >= 4 is 28.9 Å². The molecule has 1 aromatic carbocycles. The van der Waals surface area contributed by atoms with E-state index in [9.17, 15) is 4.79 Å².